The van der Waals surface area contributed by atoms with Crippen molar-refractivity contribution in [3.63, 3.8) is 0 Å². The van der Waals surface area contributed by atoms with Crippen molar-refractivity contribution < 1.29 is 4.39 Å². The molecule has 0 radical (unpaired) electrons. The average molecular weight is 180 g/mol. The van der Waals surface area contributed by atoms with Crippen molar-refractivity contribution in [3.05, 3.63) is 29.6 Å². The van der Waals surface area contributed by atoms with Crippen molar-refractivity contribution in [1.82, 2.24) is 0 Å². The third-order valence-electron chi connectivity index (χ3n) is 2.51. The molecule has 0 unspecified atom stereocenters. The van der Waals surface area contributed by atoms with Crippen molar-refractivity contribution in [3.8, 4) is 0 Å². The second-order valence-corrected chi connectivity index (χ2v) is 3.64. The molecule has 1 aromatic carbocycles. The van der Waals surface area contributed by atoms with E-state index in [1.54, 1.807) is 12.1 Å². The molecular formula is C10H13FN2. The maximum absolute atomic E-state index is 13.3. The maximum atomic E-state index is 13.3. The summed E-state index contributed by atoms with van der Waals surface area (Å²) in [6.45, 7) is 0. The molecule has 3 heteroatoms. The van der Waals surface area contributed by atoms with Crippen LogP contribution in [0.25, 0.3) is 0 Å². The van der Waals surface area contributed by atoms with Gasteiger partial charge in [0.2, 0.25) is 0 Å². The second-order valence-electron chi connectivity index (χ2n) is 3.64. The summed E-state index contributed by atoms with van der Waals surface area (Å²) in [5.74, 6) is 0.192. The number of halogens is 1. The first-order valence-electron chi connectivity index (χ1n) is 4.49. The van der Waals surface area contributed by atoms with Crippen LogP contribution in [0.15, 0.2) is 18.2 Å². The summed E-state index contributed by atoms with van der Waals surface area (Å²) in [5.41, 5.74) is 12.4. The summed E-state index contributed by atoms with van der Waals surface area (Å²) < 4.78 is 13.3. The minimum atomic E-state index is -0.278. The van der Waals surface area contributed by atoms with E-state index in [1.807, 2.05) is 0 Å². The number of hydrogen-bond acceptors (Lipinski definition) is 2. The van der Waals surface area contributed by atoms with Gasteiger partial charge in [-0.1, -0.05) is 6.07 Å². The van der Waals surface area contributed by atoms with Gasteiger partial charge in [-0.2, -0.15) is 0 Å². The highest BCUT2D eigenvalue weighted by atomic mass is 19.1. The van der Waals surface area contributed by atoms with Gasteiger partial charge in [-0.15, -0.1) is 0 Å². The lowest BCUT2D eigenvalue weighted by atomic mass is 10.0. The Bertz CT molecular complexity index is 321. The van der Waals surface area contributed by atoms with Crippen LogP contribution in [-0.4, -0.2) is 0 Å². The van der Waals surface area contributed by atoms with Crippen LogP contribution in [0.5, 0.6) is 0 Å². The SMILES string of the molecule is Nc1ccc([C@H](N)C2CC2)c(F)c1. The largest absolute Gasteiger partial charge is 0.399 e. The molecule has 1 atom stereocenters. The number of nitrogens with two attached hydrogens (primary N) is 2. The molecule has 0 aliphatic heterocycles. The van der Waals surface area contributed by atoms with E-state index in [2.05, 4.69) is 0 Å². The fourth-order valence-corrected chi connectivity index (χ4v) is 1.52. The summed E-state index contributed by atoms with van der Waals surface area (Å²) in [5, 5.41) is 0. The highest BCUT2D eigenvalue weighted by Crippen LogP contribution is 2.40. The molecule has 0 amide bonds. The van der Waals surface area contributed by atoms with Gasteiger partial charge in [0.15, 0.2) is 0 Å². The van der Waals surface area contributed by atoms with Crippen molar-refractivity contribution in [2.75, 3.05) is 5.73 Å². The molecule has 0 heterocycles. The van der Waals surface area contributed by atoms with Crippen LogP contribution in [0.3, 0.4) is 0 Å². The molecule has 4 N–H and O–H groups in total. The molecule has 1 aromatic rings. The minimum Gasteiger partial charge on any atom is -0.399 e. The highest BCUT2D eigenvalue weighted by molar-refractivity contribution is 5.41. The molecule has 2 nitrogen and oxygen atoms in total. The normalized spacial score (nSPS) is 18.6. The molecule has 2 rings (SSSR count). The van der Waals surface area contributed by atoms with Crippen LogP contribution in [0.2, 0.25) is 0 Å². The molecular weight excluding hydrogens is 167 g/mol. The zero-order chi connectivity index (χ0) is 9.42. The molecule has 1 aliphatic rings. The van der Waals surface area contributed by atoms with Crippen LogP contribution in [0.4, 0.5) is 10.1 Å². The van der Waals surface area contributed by atoms with E-state index in [0.717, 1.165) is 12.8 Å². The van der Waals surface area contributed by atoms with Gasteiger partial charge in [-0.3, -0.25) is 0 Å². The summed E-state index contributed by atoms with van der Waals surface area (Å²) >= 11 is 0. The lowest BCUT2D eigenvalue weighted by Crippen LogP contribution is -2.14. The third-order valence-corrected chi connectivity index (χ3v) is 2.51. The Morgan fingerprint density at radius 3 is 2.62 bits per heavy atom. The number of nitrogen functional groups attached to an aromatic ring is 1. The maximum Gasteiger partial charge on any atom is 0.130 e. The topological polar surface area (TPSA) is 52.0 Å². The molecule has 1 saturated carbocycles. The van der Waals surface area contributed by atoms with E-state index in [9.17, 15) is 4.39 Å². The fourth-order valence-electron chi connectivity index (χ4n) is 1.52. The van der Waals surface area contributed by atoms with E-state index in [4.69, 9.17) is 11.5 Å². The molecule has 1 fully saturated rings. The summed E-state index contributed by atoms with van der Waals surface area (Å²) in [6, 6.07) is 4.56. The van der Waals surface area contributed by atoms with Gasteiger partial charge >= 0.3 is 0 Å². The van der Waals surface area contributed by atoms with Gasteiger partial charge in [0.05, 0.1) is 0 Å². The first kappa shape index (κ1) is 8.51. The molecule has 0 bridgehead atoms. The van der Waals surface area contributed by atoms with Crippen molar-refractivity contribution >= 4 is 5.69 Å². The minimum absolute atomic E-state index is 0.152. The molecule has 13 heavy (non-hydrogen) atoms. The molecule has 0 spiro atoms. The monoisotopic (exact) mass is 180 g/mol. The van der Waals surface area contributed by atoms with Crippen LogP contribution < -0.4 is 11.5 Å². The van der Waals surface area contributed by atoms with Crippen LogP contribution in [0, 0.1) is 11.7 Å². The van der Waals surface area contributed by atoms with Gasteiger partial charge in [-0.05, 0) is 30.9 Å². The fraction of sp³-hybridized carbons (Fsp3) is 0.400. The van der Waals surface area contributed by atoms with Crippen LogP contribution in [0.1, 0.15) is 24.4 Å². The predicted octanol–water partition coefficient (Wildman–Crippen LogP) is 1.82. The first-order valence-corrected chi connectivity index (χ1v) is 4.49. The van der Waals surface area contributed by atoms with E-state index in [0.29, 0.717) is 17.2 Å². The second kappa shape index (κ2) is 3.00. The van der Waals surface area contributed by atoms with Crippen molar-refractivity contribution in [1.29, 1.82) is 0 Å². The highest BCUT2D eigenvalue weighted by Gasteiger charge is 2.30. The lowest BCUT2D eigenvalue weighted by molar-refractivity contribution is 0.554. The van der Waals surface area contributed by atoms with E-state index in [-0.39, 0.29) is 11.9 Å². The number of rotatable bonds is 2. The Labute approximate surface area is 76.7 Å². The van der Waals surface area contributed by atoms with Gasteiger partial charge in [-0.25, -0.2) is 4.39 Å². The standard InChI is InChI=1S/C10H13FN2/c11-9-5-7(12)3-4-8(9)10(13)6-1-2-6/h3-6,10H,1-2,12-13H2/t10-/m1/s1. The number of benzene rings is 1. The number of hydrogen-bond donors (Lipinski definition) is 2. The zero-order valence-electron chi connectivity index (χ0n) is 7.33. The Balaban J connectivity index is 2.28. The van der Waals surface area contributed by atoms with Crippen molar-refractivity contribution in [2.24, 2.45) is 11.7 Å². The Hall–Kier alpha value is -1.09. The Morgan fingerprint density at radius 1 is 1.38 bits per heavy atom. The van der Waals surface area contributed by atoms with Gasteiger partial charge < -0.3 is 11.5 Å². The van der Waals surface area contributed by atoms with Crippen LogP contribution in [-0.2, 0) is 0 Å². The lowest BCUT2D eigenvalue weighted by Gasteiger charge is -2.11. The average Bonchev–Trinajstić information content (AvgIpc) is 2.85. The summed E-state index contributed by atoms with van der Waals surface area (Å²) in [6.07, 6.45) is 2.23. The molecule has 0 aromatic heterocycles. The van der Waals surface area contributed by atoms with E-state index in [1.165, 1.54) is 6.07 Å². The summed E-state index contributed by atoms with van der Waals surface area (Å²) in [7, 11) is 0. The van der Waals surface area contributed by atoms with Crippen molar-refractivity contribution in [2.45, 2.75) is 18.9 Å². The Morgan fingerprint density at radius 2 is 2.08 bits per heavy atom. The number of anilines is 1. The first-order chi connectivity index (χ1) is 6.18. The van der Waals surface area contributed by atoms with Gasteiger partial charge in [0.1, 0.15) is 5.82 Å². The van der Waals surface area contributed by atoms with Crippen LogP contribution >= 0.6 is 0 Å². The molecule has 0 saturated heterocycles. The smallest absolute Gasteiger partial charge is 0.130 e. The van der Waals surface area contributed by atoms with Gasteiger partial charge in [0, 0.05) is 17.3 Å². The quantitative estimate of drug-likeness (QED) is 0.682. The third kappa shape index (κ3) is 1.65. The summed E-state index contributed by atoms with van der Waals surface area (Å²) in [4.78, 5) is 0. The zero-order valence-corrected chi connectivity index (χ0v) is 7.33. The van der Waals surface area contributed by atoms with E-state index >= 15 is 0 Å². The molecule has 1 aliphatic carbocycles. The van der Waals surface area contributed by atoms with E-state index < -0.39 is 0 Å². The molecule has 70 valence electrons. The predicted molar refractivity (Wildman–Crippen MR) is 50.5 cm³/mol. The van der Waals surface area contributed by atoms with Gasteiger partial charge in [0.25, 0.3) is 0 Å². The Kier molecular flexibility index (Phi) is 1.96.